The topological polar surface area (TPSA) is 73.4 Å². The monoisotopic (exact) mass is 469 g/mol. The molecule has 1 aliphatic rings. The maximum absolute atomic E-state index is 12.5. The first kappa shape index (κ1) is 20.7. The highest BCUT2D eigenvalue weighted by Gasteiger charge is 2.21. The molecule has 0 bridgehead atoms. The van der Waals surface area contributed by atoms with E-state index in [0.717, 1.165) is 47.1 Å². The van der Waals surface area contributed by atoms with Crippen LogP contribution >= 0.6 is 15.9 Å². The summed E-state index contributed by atoms with van der Waals surface area (Å²) in [7, 11) is 2.11. The number of aromatic nitrogens is 1. The Labute approximate surface area is 183 Å². The summed E-state index contributed by atoms with van der Waals surface area (Å²) in [6, 6.07) is 13.0. The standard InChI is InChI=1S/C22H24BrN5O2/c1-15-5-3-4-6-17(15)21(29)25-24-20-18-13-16(23)7-8-19(18)28(22(20)30)14-27-11-9-26(2)10-12-27/h3-8,13,30H,9-12,14H2,1-2H3. The van der Waals surface area contributed by atoms with Crippen molar-refractivity contribution in [2.45, 2.75) is 13.6 Å². The normalized spacial score (nSPS) is 16.0. The number of hydrogen-bond acceptors (Lipinski definition) is 5. The van der Waals surface area contributed by atoms with Crippen LogP contribution in [0.25, 0.3) is 10.9 Å². The maximum atomic E-state index is 12.5. The van der Waals surface area contributed by atoms with Gasteiger partial charge in [0.05, 0.1) is 12.2 Å². The van der Waals surface area contributed by atoms with E-state index in [1.54, 1.807) is 12.1 Å². The van der Waals surface area contributed by atoms with Gasteiger partial charge < -0.3 is 10.0 Å². The molecule has 8 heteroatoms. The number of rotatable bonds is 4. The molecule has 1 aromatic heterocycles. The summed E-state index contributed by atoms with van der Waals surface area (Å²) in [6.45, 7) is 6.24. The van der Waals surface area contributed by atoms with E-state index in [-0.39, 0.29) is 5.88 Å². The van der Waals surface area contributed by atoms with Crippen LogP contribution in [0.2, 0.25) is 0 Å². The van der Waals surface area contributed by atoms with E-state index in [4.69, 9.17) is 0 Å². The first-order valence-corrected chi connectivity index (χ1v) is 10.7. The molecule has 1 fully saturated rings. The van der Waals surface area contributed by atoms with Gasteiger partial charge in [-0.05, 0) is 43.8 Å². The Balaban J connectivity index is 1.69. The highest BCUT2D eigenvalue weighted by molar-refractivity contribution is 9.10. The van der Waals surface area contributed by atoms with Crippen molar-refractivity contribution in [3.05, 3.63) is 58.1 Å². The molecule has 1 amide bonds. The predicted molar refractivity (Wildman–Crippen MR) is 120 cm³/mol. The third-order valence-corrected chi connectivity index (χ3v) is 6.02. The lowest BCUT2D eigenvalue weighted by Gasteiger charge is -2.32. The smallest absolute Gasteiger partial charge is 0.295 e. The molecule has 2 aromatic carbocycles. The van der Waals surface area contributed by atoms with Gasteiger partial charge in [0, 0.05) is 41.6 Å². The SMILES string of the molecule is Cc1ccccc1C(=O)N=Nc1c(O)n(CN2CCN(C)CC2)c2ccc(Br)cc12. The number of carbonyl (C=O) groups excluding carboxylic acids is 1. The van der Waals surface area contributed by atoms with Gasteiger partial charge in [-0.1, -0.05) is 34.1 Å². The van der Waals surface area contributed by atoms with Gasteiger partial charge in [-0.15, -0.1) is 10.2 Å². The van der Waals surface area contributed by atoms with Crippen molar-refractivity contribution in [1.82, 2.24) is 14.4 Å². The van der Waals surface area contributed by atoms with Gasteiger partial charge in [0.2, 0.25) is 5.88 Å². The quantitative estimate of drug-likeness (QED) is 0.568. The lowest BCUT2D eigenvalue weighted by Crippen LogP contribution is -2.44. The van der Waals surface area contributed by atoms with Crippen LogP contribution in [0, 0.1) is 6.92 Å². The minimum atomic E-state index is -0.428. The van der Waals surface area contributed by atoms with E-state index in [0.29, 0.717) is 17.9 Å². The van der Waals surface area contributed by atoms with Crippen LogP contribution in [-0.2, 0) is 6.67 Å². The average Bonchev–Trinajstić information content (AvgIpc) is 2.98. The molecule has 0 aliphatic carbocycles. The van der Waals surface area contributed by atoms with Crippen molar-refractivity contribution < 1.29 is 9.90 Å². The fraction of sp³-hybridized carbons (Fsp3) is 0.318. The van der Waals surface area contributed by atoms with E-state index in [9.17, 15) is 9.90 Å². The molecular weight excluding hydrogens is 446 g/mol. The van der Waals surface area contributed by atoms with Gasteiger partial charge in [-0.3, -0.25) is 14.3 Å². The minimum Gasteiger partial charge on any atom is -0.493 e. The van der Waals surface area contributed by atoms with E-state index in [2.05, 4.69) is 43.0 Å². The van der Waals surface area contributed by atoms with E-state index in [1.165, 1.54) is 0 Å². The van der Waals surface area contributed by atoms with Crippen LogP contribution in [-0.4, -0.2) is 58.6 Å². The number of hydrogen-bond donors (Lipinski definition) is 1. The molecule has 7 nitrogen and oxygen atoms in total. The van der Waals surface area contributed by atoms with E-state index in [1.807, 2.05) is 41.8 Å². The van der Waals surface area contributed by atoms with Crippen molar-refractivity contribution in [2.75, 3.05) is 33.2 Å². The number of halogens is 1. The van der Waals surface area contributed by atoms with Crippen molar-refractivity contribution >= 4 is 38.4 Å². The molecule has 4 rings (SSSR count). The molecule has 0 unspecified atom stereocenters. The molecule has 0 atom stereocenters. The number of likely N-dealkylation sites (N-methyl/N-ethyl adjacent to an activating group) is 1. The van der Waals surface area contributed by atoms with Crippen molar-refractivity contribution in [2.24, 2.45) is 10.2 Å². The highest BCUT2D eigenvalue weighted by Crippen LogP contribution is 2.40. The Hall–Kier alpha value is -2.55. The van der Waals surface area contributed by atoms with E-state index >= 15 is 0 Å². The number of carbonyl (C=O) groups is 1. The number of fused-ring (bicyclic) bond motifs is 1. The maximum Gasteiger partial charge on any atom is 0.295 e. The number of aryl methyl sites for hydroxylation is 1. The number of piperazine rings is 1. The summed E-state index contributed by atoms with van der Waals surface area (Å²) in [6.07, 6.45) is 0. The largest absolute Gasteiger partial charge is 0.493 e. The Morgan fingerprint density at radius 3 is 2.60 bits per heavy atom. The first-order valence-electron chi connectivity index (χ1n) is 9.87. The molecule has 3 aromatic rings. The van der Waals surface area contributed by atoms with E-state index < -0.39 is 5.91 Å². The second kappa shape index (κ2) is 8.67. The van der Waals surface area contributed by atoms with Crippen LogP contribution in [0.4, 0.5) is 5.69 Å². The summed E-state index contributed by atoms with van der Waals surface area (Å²) >= 11 is 3.49. The third kappa shape index (κ3) is 4.16. The first-order chi connectivity index (χ1) is 14.4. The highest BCUT2D eigenvalue weighted by atomic mass is 79.9. The fourth-order valence-electron chi connectivity index (χ4n) is 3.69. The number of aromatic hydroxyl groups is 1. The van der Waals surface area contributed by atoms with Crippen LogP contribution in [0.15, 0.2) is 57.2 Å². The molecule has 156 valence electrons. The molecule has 0 radical (unpaired) electrons. The predicted octanol–water partition coefficient (Wildman–Crippen LogP) is 4.55. The van der Waals surface area contributed by atoms with Gasteiger partial charge in [0.1, 0.15) is 0 Å². The number of nitrogens with zero attached hydrogens (tertiary/aromatic N) is 5. The Morgan fingerprint density at radius 1 is 1.13 bits per heavy atom. The number of amides is 1. The van der Waals surface area contributed by atoms with Gasteiger partial charge in [-0.25, -0.2) is 0 Å². The lowest BCUT2D eigenvalue weighted by molar-refractivity contribution is 0.0994. The summed E-state index contributed by atoms with van der Waals surface area (Å²) in [5, 5.41) is 19.8. The Bertz CT molecular complexity index is 1120. The van der Waals surface area contributed by atoms with Crippen LogP contribution < -0.4 is 0 Å². The van der Waals surface area contributed by atoms with Crippen LogP contribution in [0.5, 0.6) is 5.88 Å². The average molecular weight is 470 g/mol. The Kier molecular flexibility index (Phi) is 5.99. The fourth-order valence-corrected chi connectivity index (χ4v) is 4.05. The summed E-state index contributed by atoms with van der Waals surface area (Å²) < 4.78 is 2.70. The lowest BCUT2D eigenvalue weighted by atomic mass is 10.1. The zero-order chi connectivity index (χ0) is 21.3. The molecule has 2 heterocycles. The molecule has 1 N–H and O–H groups in total. The molecular formula is C22H24BrN5O2. The number of azo groups is 1. The summed E-state index contributed by atoms with van der Waals surface area (Å²) in [5.41, 5.74) is 2.50. The van der Waals surface area contributed by atoms with Gasteiger partial charge >= 0.3 is 0 Å². The molecule has 0 saturated carbocycles. The van der Waals surface area contributed by atoms with Crippen LogP contribution in [0.3, 0.4) is 0 Å². The van der Waals surface area contributed by atoms with Crippen molar-refractivity contribution in [1.29, 1.82) is 0 Å². The molecule has 30 heavy (non-hydrogen) atoms. The zero-order valence-electron chi connectivity index (χ0n) is 17.0. The van der Waals surface area contributed by atoms with Gasteiger partial charge in [0.15, 0.2) is 5.69 Å². The third-order valence-electron chi connectivity index (χ3n) is 5.53. The second-order valence-electron chi connectivity index (χ2n) is 7.64. The number of benzene rings is 2. The summed E-state index contributed by atoms with van der Waals surface area (Å²) in [5.74, 6) is -0.411. The molecule has 0 spiro atoms. The zero-order valence-corrected chi connectivity index (χ0v) is 18.6. The second-order valence-corrected chi connectivity index (χ2v) is 8.56. The Morgan fingerprint density at radius 2 is 1.87 bits per heavy atom. The van der Waals surface area contributed by atoms with Crippen molar-refractivity contribution in [3.63, 3.8) is 0 Å². The summed E-state index contributed by atoms with van der Waals surface area (Å²) in [4.78, 5) is 17.1. The minimum absolute atomic E-state index is 0.0170. The van der Waals surface area contributed by atoms with Gasteiger partial charge in [0.25, 0.3) is 5.91 Å². The van der Waals surface area contributed by atoms with Gasteiger partial charge in [-0.2, -0.15) is 0 Å². The molecule has 1 aliphatic heterocycles. The van der Waals surface area contributed by atoms with Crippen molar-refractivity contribution in [3.8, 4) is 5.88 Å². The van der Waals surface area contributed by atoms with Crippen LogP contribution in [0.1, 0.15) is 15.9 Å². The molecule has 1 saturated heterocycles.